The second kappa shape index (κ2) is 7.37. The monoisotopic (exact) mass is 365 g/mol. The zero-order valence-electron chi connectivity index (χ0n) is 16.0. The molecule has 0 aromatic heterocycles. The van der Waals surface area contributed by atoms with Crippen LogP contribution in [-0.4, -0.2) is 42.9 Å². The van der Waals surface area contributed by atoms with E-state index in [1.165, 1.54) is 5.56 Å². The van der Waals surface area contributed by atoms with Crippen LogP contribution >= 0.6 is 0 Å². The summed E-state index contributed by atoms with van der Waals surface area (Å²) in [5.74, 6) is 1.51. The molecule has 1 aliphatic carbocycles. The number of ether oxygens (including phenoxy) is 2. The molecule has 3 atom stereocenters. The molecular weight excluding hydrogens is 338 g/mol. The molecule has 1 heterocycles. The van der Waals surface area contributed by atoms with E-state index in [1.54, 1.807) is 7.11 Å². The predicted molar refractivity (Wildman–Crippen MR) is 106 cm³/mol. The summed E-state index contributed by atoms with van der Waals surface area (Å²) in [6.45, 7) is 1.53. The summed E-state index contributed by atoms with van der Waals surface area (Å²) >= 11 is 0. The minimum absolute atomic E-state index is 0.0783. The summed E-state index contributed by atoms with van der Waals surface area (Å²) in [5.41, 5.74) is 2.27. The number of aliphatic hydroxyl groups is 1. The van der Waals surface area contributed by atoms with Crippen LogP contribution < -0.4 is 9.47 Å². The second-order valence-electron chi connectivity index (χ2n) is 7.59. The number of benzene rings is 2. The normalized spacial score (nSPS) is 27.4. The maximum absolute atomic E-state index is 10.1. The number of methoxy groups -OCH3 is 1. The molecule has 2 aromatic rings. The Labute approximate surface area is 161 Å². The molecule has 0 spiro atoms. The Bertz CT molecular complexity index is 820. The van der Waals surface area contributed by atoms with Crippen molar-refractivity contribution in [2.45, 2.75) is 37.0 Å². The Kier molecular flexibility index (Phi) is 4.94. The van der Waals surface area contributed by atoms with Crippen molar-refractivity contribution in [2.24, 2.45) is 0 Å². The molecule has 0 amide bonds. The van der Waals surface area contributed by atoms with Gasteiger partial charge in [-0.2, -0.15) is 0 Å². The van der Waals surface area contributed by atoms with Crippen LogP contribution in [0.1, 0.15) is 24.0 Å². The van der Waals surface area contributed by atoms with Crippen LogP contribution in [0.25, 0.3) is 0 Å². The average Bonchev–Trinajstić information content (AvgIpc) is 3.04. The minimum Gasteiger partial charge on any atom is -0.493 e. The molecule has 4 nitrogen and oxygen atoms in total. The highest BCUT2D eigenvalue weighted by atomic mass is 16.5. The van der Waals surface area contributed by atoms with Gasteiger partial charge in [0.15, 0.2) is 11.5 Å². The zero-order valence-corrected chi connectivity index (χ0v) is 16.0. The van der Waals surface area contributed by atoms with E-state index in [1.807, 2.05) is 30.3 Å². The van der Waals surface area contributed by atoms with Gasteiger partial charge in [-0.3, -0.25) is 0 Å². The molecule has 0 bridgehead atoms. The van der Waals surface area contributed by atoms with Gasteiger partial charge in [-0.05, 0) is 49.7 Å². The molecule has 1 aliphatic heterocycles. The van der Waals surface area contributed by atoms with Gasteiger partial charge >= 0.3 is 0 Å². The molecule has 142 valence electrons. The molecule has 0 unspecified atom stereocenters. The largest absolute Gasteiger partial charge is 0.493 e. The summed E-state index contributed by atoms with van der Waals surface area (Å²) in [5, 5.41) is 10.1. The van der Waals surface area contributed by atoms with Crippen LogP contribution in [0, 0.1) is 0 Å². The first kappa shape index (κ1) is 18.1. The number of hydrogen-bond acceptors (Lipinski definition) is 4. The fourth-order valence-electron chi connectivity index (χ4n) is 4.50. The third-order valence-corrected chi connectivity index (χ3v) is 6.02. The van der Waals surface area contributed by atoms with E-state index in [0.717, 1.165) is 36.4 Å². The Morgan fingerprint density at radius 3 is 2.74 bits per heavy atom. The van der Waals surface area contributed by atoms with Crippen LogP contribution in [0.2, 0.25) is 0 Å². The molecule has 1 N–H and O–H groups in total. The molecule has 4 heteroatoms. The quantitative estimate of drug-likeness (QED) is 0.823. The van der Waals surface area contributed by atoms with Crippen molar-refractivity contribution in [2.75, 3.05) is 20.7 Å². The number of rotatable bonds is 5. The maximum Gasteiger partial charge on any atom is 0.161 e. The van der Waals surface area contributed by atoms with Crippen molar-refractivity contribution < 1.29 is 14.6 Å². The number of hydrogen-bond donors (Lipinski definition) is 1. The van der Waals surface area contributed by atoms with E-state index in [9.17, 15) is 5.11 Å². The van der Waals surface area contributed by atoms with Crippen LogP contribution in [0.3, 0.4) is 0 Å². The Morgan fingerprint density at radius 1 is 1.15 bits per heavy atom. The standard InChI is InChI=1S/C23H27NO3/c1-24-13-12-23(11-10-19(25)15-22(23)24)18-8-9-20(26-2)21(14-18)27-16-17-6-4-3-5-7-17/h3-11,14,19,22,25H,12-13,15-16H2,1-2H3/t19-,22-,23-/m0/s1. The van der Waals surface area contributed by atoms with Gasteiger partial charge in [0.1, 0.15) is 6.61 Å². The zero-order chi connectivity index (χ0) is 18.9. The third kappa shape index (κ3) is 3.35. The van der Waals surface area contributed by atoms with Crippen molar-refractivity contribution in [1.29, 1.82) is 0 Å². The first-order chi connectivity index (χ1) is 13.1. The summed E-state index contributed by atoms with van der Waals surface area (Å²) in [4.78, 5) is 2.36. The number of nitrogens with zero attached hydrogens (tertiary/aromatic N) is 1. The third-order valence-electron chi connectivity index (χ3n) is 6.02. The van der Waals surface area contributed by atoms with Gasteiger partial charge in [0.05, 0.1) is 13.2 Å². The van der Waals surface area contributed by atoms with Gasteiger partial charge in [-0.25, -0.2) is 0 Å². The molecule has 1 saturated heterocycles. The lowest BCUT2D eigenvalue weighted by Crippen LogP contribution is -2.44. The van der Waals surface area contributed by atoms with E-state index < -0.39 is 0 Å². The van der Waals surface area contributed by atoms with Gasteiger partial charge < -0.3 is 19.5 Å². The lowest BCUT2D eigenvalue weighted by molar-refractivity contribution is 0.137. The summed E-state index contributed by atoms with van der Waals surface area (Å²) in [6.07, 6.45) is 5.60. The molecule has 2 aliphatic rings. The van der Waals surface area contributed by atoms with E-state index >= 15 is 0 Å². The van der Waals surface area contributed by atoms with Crippen molar-refractivity contribution >= 4 is 0 Å². The van der Waals surface area contributed by atoms with Crippen LogP contribution in [-0.2, 0) is 12.0 Å². The summed E-state index contributed by atoms with van der Waals surface area (Å²) < 4.78 is 11.7. The van der Waals surface area contributed by atoms with E-state index in [0.29, 0.717) is 12.6 Å². The number of fused-ring (bicyclic) bond motifs is 1. The highest BCUT2D eigenvalue weighted by Gasteiger charge is 2.48. The first-order valence-electron chi connectivity index (χ1n) is 9.55. The number of likely N-dealkylation sites (N-methyl/N-ethyl adjacent to an activating group) is 1. The van der Waals surface area contributed by atoms with Crippen LogP contribution in [0.5, 0.6) is 11.5 Å². The maximum atomic E-state index is 10.1. The number of likely N-dealkylation sites (tertiary alicyclic amines) is 1. The van der Waals surface area contributed by atoms with Crippen molar-refractivity contribution in [3.8, 4) is 11.5 Å². The lowest BCUT2D eigenvalue weighted by atomic mass is 9.69. The van der Waals surface area contributed by atoms with Crippen molar-refractivity contribution in [3.63, 3.8) is 0 Å². The second-order valence-corrected chi connectivity index (χ2v) is 7.59. The first-order valence-corrected chi connectivity index (χ1v) is 9.55. The van der Waals surface area contributed by atoms with E-state index in [2.05, 4.69) is 42.3 Å². The van der Waals surface area contributed by atoms with Crippen LogP contribution in [0.4, 0.5) is 0 Å². The van der Waals surface area contributed by atoms with Crippen molar-refractivity contribution in [3.05, 3.63) is 71.8 Å². The van der Waals surface area contributed by atoms with Crippen molar-refractivity contribution in [1.82, 2.24) is 4.90 Å². The smallest absolute Gasteiger partial charge is 0.161 e. The Morgan fingerprint density at radius 2 is 1.96 bits per heavy atom. The van der Waals surface area contributed by atoms with E-state index in [-0.39, 0.29) is 11.5 Å². The topological polar surface area (TPSA) is 41.9 Å². The minimum atomic E-state index is -0.365. The van der Waals surface area contributed by atoms with Gasteiger partial charge in [-0.1, -0.05) is 48.6 Å². The lowest BCUT2D eigenvalue weighted by Gasteiger charge is -2.39. The predicted octanol–water partition coefficient (Wildman–Crippen LogP) is 3.54. The molecule has 0 radical (unpaired) electrons. The van der Waals surface area contributed by atoms with Gasteiger partial charge in [0.2, 0.25) is 0 Å². The number of aliphatic hydroxyl groups excluding tert-OH is 1. The molecule has 0 saturated carbocycles. The fraction of sp³-hybridized carbons (Fsp3) is 0.391. The molecule has 27 heavy (non-hydrogen) atoms. The molecule has 4 rings (SSSR count). The van der Waals surface area contributed by atoms with Crippen LogP contribution in [0.15, 0.2) is 60.7 Å². The van der Waals surface area contributed by atoms with Gasteiger partial charge in [0, 0.05) is 11.5 Å². The molecule has 1 fully saturated rings. The Balaban J connectivity index is 1.66. The van der Waals surface area contributed by atoms with Gasteiger partial charge in [0.25, 0.3) is 0 Å². The average molecular weight is 365 g/mol. The molecular formula is C23H27NO3. The SMILES string of the molecule is COc1ccc([C@@]23C=C[C@H](O)C[C@@H]2N(C)CC3)cc1OCc1ccccc1. The van der Waals surface area contributed by atoms with Gasteiger partial charge in [-0.15, -0.1) is 0 Å². The Hall–Kier alpha value is -2.30. The highest BCUT2D eigenvalue weighted by Crippen LogP contribution is 2.47. The fourth-order valence-corrected chi connectivity index (χ4v) is 4.50. The highest BCUT2D eigenvalue weighted by molar-refractivity contribution is 5.49. The van der Waals surface area contributed by atoms with E-state index in [4.69, 9.17) is 9.47 Å². The molecule has 2 aromatic carbocycles. The summed E-state index contributed by atoms with van der Waals surface area (Å²) in [7, 11) is 3.82. The summed E-state index contributed by atoms with van der Waals surface area (Å²) in [6, 6.07) is 16.7.